The van der Waals surface area contributed by atoms with E-state index < -0.39 is 0 Å². The Hall–Kier alpha value is -0.830. The van der Waals surface area contributed by atoms with Crippen LogP contribution in [0.25, 0.3) is 0 Å². The Kier molecular flexibility index (Phi) is 3.42. The summed E-state index contributed by atoms with van der Waals surface area (Å²) in [5.74, 6) is 2.04. The summed E-state index contributed by atoms with van der Waals surface area (Å²) in [6.45, 7) is 8.21. The number of hydrogen-bond acceptors (Lipinski definition) is 2. The molecule has 18 heavy (non-hydrogen) atoms. The lowest BCUT2D eigenvalue weighted by Gasteiger charge is -2.35. The highest BCUT2D eigenvalue weighted by Crippen LogP contribution is 2.34. The van der Waals surface area contributed by atoms with Crippen molar-refractivity contribution in [1.82, 2.24) is 14.5 Å². The molecule has 0 N–H and O–H groups in total. The van der Waals surface area contributed by atoms with Crippen molar-refractivity contribution in [2.24, 2.45) is 0 Å². The molecule has 1 saturated heterocycles. The molecule has 2 unspecified atom stereocenters. The average Bonchev–Trinajstić information content (AvgIpc) is 2.84. The minimum Gasteiger partial charge on any atom is -0.330 e. The maximum atomic E-state index is 4.79. The van der Waals surface area contributed by atoms with Crippen LogP contribution in [-0.2, 0) is 6.54 Å². The molecule has 0 spiro atoms. The predicted octanol–water partition coefficient (Wildman–Crippen LogP) is 3.33. The molecule has 1 fully saturated rings. The molecule has 100 valence electrons. The van der Waals surface area contributed by atoms with Crippen molar-refractivity contribution >= 4 is 0 Å². The highest BCUT2D eigenvalue weighted by molar-refractivity contribution is 5.15. The van der Waals surface area contributed by atoms with Gasteiger partial charge in [-0.2, -0.15) is 0 Å². The smallest absolute Gasteiger partial charge is 0.126 e. The zero-order chi connectivity index (χ0) is 12.5. The summed E-state index contributed by atoms with van der Waals surface area (Å²) in [4.78, 5) is 7.40. The summed E-state index contributed by atoms with van der Waals surface area (Å²) >= 11 is 0. The molecule has 3 heteroatoms. The summed E-state index contributed by atoms with van der Waals surface area (Å²) in [5, 5.41) is 0. The van der Waals surface area contributed by atoms with Gasteiger partial charge in [0.25, 0.3) is 0 Å². The minimum absolute atomic E-state index is 0.572. The van der Waals surface area contributed by atoms with Crippen LogP contribution >= 0.6 is 0 Å². The SMILES string of the molecule is CCN1CCCCC1c1ncc2n1CCCC2C. The molecule has 3 heterocycles. The van der Waals surface area contributed by atoms with Crippen molar-refractivity contribution in [3.8, 4) is 0 Å². The fourth-order valence-corrected chi connectivity index (χ4v) is 3.67. The number of nitrogens with zero attached hydrogens (tertiary/aromatic N) is 3. The molecule has 0 aromatic carbocycles. The van der Waals surface area contributed by atoms with E-state index in [1.165, 1.54) is 56.7 Å². The highest BCUT2D eigenvalue weighted by Gasteiger charge is 2.29. The minimum atomic E-state index is 0.572. The number of imidazole rings is 1. The van der Waals surface area contributed by atoms with E-state index >= 15 is 0 Å². The first kappa shape index (κ1) is 12.2. The molecule has 0 amide bonds. The molecule has 2 aliphatic heterocycles. The van der Waals surface area contributed by atoms with E-state index in [1.807, 2.05) is 0 Å². The number of fused-ring (bicyclic) bond motifs is 1. The monoisotopic (exact) mass is 247 g/mol. The topological polar surface area (TPSA) is 21.1 Å². The molecule has 0 aliphatic carbocycles. The van der Waals surface area contributed by atoms with Crippen molar-refractivity contribution in [3.63, 3.8) is 0 Å². The van der Waals surface area contributed by atoms with E-state index in [2.05, 4.69) is 29.5 Å². The molecule has 3 rings (SSSR count). The summed E-state index contributed by atoms with van der Waals surface area (Å²) < 4.78 is 2.52. The molecule has 2 aliphatic rings. The van der Waals surface area contributed by atoms with Gasteiger partial charge in [0.2, 0.25) is 0 Å². The van der Waals surface area contributed by atoms with Crippen molar-refractivity contribution in [2.75, 3.05) is 13.1 Å². The summed E-state index contributed by atoms with van der Waals surface area (Å²) in [6.07, 6.45) is 8.79. The Morgan fingerprint density at radius 3 is 2.94 bits per heavy atom. The average molecular weight is 247 g/mol. The lowest BCUT2D eigenvalue weighted by molar-refractivity contribution is 0.145. The molecule has 2 atom stereocenters. The predicted molar refractivity (Wildman–Crippen MR) is 73.7 cm³/mol. The third-order valence-electron chi connectivity index (χ3n) is 4.76. The number of piperidine rings is 1. The summed E-state index contributed by atoms with van der Waals surface area (Å²) in [6, 6.07) is 0.572. The molecule has 1 aromatic heterocycles. The lowest BCUT2D eigenvalue weighted by Crippen LogP contribution is -2.35. The highest BCUT2D eigenvalue weighted by atomic mass is 15.2. The van der Waals surface area contributed by atoms with Gasteiger partial charge in [0.1, 0.15) is 5.82 Å². The zero-order valence-electron chi connectivity index (χ0n) is 11.7. The van der Waals surface area contributed by atoms with Gasteiger partial charge in [0.15, 0.2) is 0 Å². The van der Waals surface area contributed by atoms with Crippen LogP contribution in [0.3, 0.4) is 0 Å². The Morgan fingerprint density at radius 2 is 2.11 bits per heavy atom. The Balaban J connectivity index is 1.91. The van der Waals surface area contributed by atoms with Gasteiger partial charge in [0, 0.05) is 18.4 Å². The second-order valence-electron chi connectivity index (χ2n) is 5.88. The Morgan fingerprint density at radius 1 is 1.22 bits per heavy atom. The van der Waals surface area contributed by atoms with Gasteiger partial charge < -0.3 is 4.57 Å². The van der Waals surface area contributed by atoms with Crippen LogP contribution in [0.1, 0.15) is 69.4 Å². The third kappa shape index (κ3) is 1.99. The summed E-state index contributed by atoms with van der Waals surface area (Å²) in [7, 11) is 0. The van der Waals surface area contributed by atoms with Gasteiger partial charge in [0.05, 0.1) is 6.04 Å². The number of likely N-dealkylation sites (tertiary alicyclic amines) is 1. The Labute approximate surface area is 110 Å². The first-order chi connectivity index (χ1) is 8.81. The van der Waals surface area contributed by atoms with E-state index in [1.54, 1.807) is 0 Å². The van der Waals surface area contributed by atoms with Gasteiger partial charge in [-0.25, -0.2) is 4.98 Å². The number of aromatic nitrogens is 2. The maximum Gasteiger partial charge on any atom is 0.126 e. The molecular formula is C15H25N3. The van der Waals surface area contributed by atoms with E-state index in [0.29, 0.717) is 12.0 Å². The molecular weight excluding hydrogens is 222 g/mol. The number of hydrogen-bond donors (Lipinski definition) is 0. The zero-order valence-corrected chi connectivity index (χ0v) is 11.7. The molecule has 0 radical (unpaired) electrons. The van der Waals surface area contributed by atoms with Crippen molar-refractivity contribution < 1.29 is 0 Å². The van der Waals surface area contributed by atoms with Crippen LogP contribution < -0.4 is 0 Å². The van der Waals surface area contributed by atoms with Crippen LogP contribution in [0.5, 0.6) is 0 Å². The van der Waals surface area contributed by atoms with Crippen LogP contribution in [0.4, 0.5) is 0 Å². The first-order valence-electron chi connectivity index (χ1n) is 7.60. The van der Waals surface area contributed by atoms with Gasteiger partial charge in [-0.05, 0) is 44.7 Å². The van der Waals surface area contributed by atoms with Gasteiger partial charge >= 0.3 is 0 Å². The third-order valence-corrected chi connectivity index (χ3v) is 4.76. The maximum absolute atomic E-state index is 4.79. The van der Waals surface area contributed by atoms with Crippen LogP contribution in [0.15, 0.2) is 6.20 Å². The van der Waals surface area contributed by atoms with Crippen LogP contribution in [0.2, 0.25) is 0 Å². The van der Waals surface area contributed by atoms with E-state index in [9.17, 15) is 0 Å². The number of rotatable bonds is 2. The fourth-order valence-electron chi connectivity index (χ4n) is 3.67. The van der Waals surface area contributed by atoms with Gasteiger partial charge in [-0.1, -0.05) is 20.3 Å². The van der Waals surface area contributed by atoms with Crippen molar-refractivity contribution in [2.45, 2.75) is 64.5 Å². The van der Waals surface area contributed by atoms with E-state index in [-0.39, 0.29) is 0 Å². The van der Waals surface area contributed by atoms with Crippen LogP contribution in [0, 0.1) is 0 Å². The molecule has 0 bridgehead atoms. The standard InChI is InChI=1S/C15H25N3/c1-3-17-9-5-4-8-13(17)15-16-11-14-12(2)7-6-10-18(14)15/h11-13H,3-10H2,1-2H3. The first-order valence-corrected chi connectivity index (χ1v) is 7.60. The summed E-state index contributed by atoms with van der Waals surface area (Å²) in [5.41, 5.74) is 1.47. The van der Waals surface area contributed by atoms with E-state index in [0.717, 1.165) is 6.54 Å². The second kappa shape index (κ2) is 5.04. The normalized spacial score (nSPS) is 29.2. The largest absolute Gasteiger partial charge is 0.330 e. The van der Waals surface area contributed by atoms with Gasteiger partial charge in [-0.15, -0.1) is 0 Å². The van der Waals surface area contributed by atoms with Crippen molar-refractivity contribution in [3.05, 3.63) is 17.7 Å². The van der Waals surface area contributed by atoms with E-state index in [4.69, 9.17) is 4.98 Å². The quantitative estimate of drug-likeness (QED) is 0.799. The molecule has 3 nitrogen and oxygen atoms in total. The fraction of sp³-hybridized carbons (Fsp3) is 0.800. The van der Waals surface area contributed by atoms with Gasteiger partial charge in [-0.3, -0.25) is 4.90 Å². The lowest BCUT2D eigenvalue weighted by atomic mass is 9.97. The van der Waals surface area contributed by atoms with Crippen LogP contribution in [-0.4, -0.2) is 27.5 Å². The van der Waals surface area contributed by atoms with Crippen molar-refractivity contribution in [1.29, 1.82) is 0 Å². The second-order valence-corrected chi connectivity index (χ2v) is 5.88. The Bertz CT molecular complexity index is 410. The molecule has 1 aromatic rings. The molecule has 0 saturated carbocycles.